The van der Waals surface area contributed by atoms with Gasteiger partial charge in [0.1, 0.15) is 0 Å². The van der Waals surface area contributed by atoms with Gasteiger partial charge in [-0.1, -0.05) is 30.3 Å². The summed E-state index contributed by atoms with van der Waals surface area (Å²) in [6.07, 6.45) is 0.672. The molecule has 0 bridgehead atoms. The molecule has 2 N–H and O–H groups in total. The van der Waals surface area contributed by atoms with Crippen LogP contribution in [0.25, 0.3) is 0 Å². The van der Waals surface area contributed by atoms with Crippen molar-refractivity contribution in [3.63, 3.8) is 0 Å². The molecule has 0 fully saturated rings. The molecule has 4 nitrogen and oxygen atoms in total. The maximum Gasteiger partial charge on any atom is 0.0718 e. The summed E-state index contributed by atoms with van der Waals surface area (Å²) in [7, 11) is 0. The van der Waals surface area contributed by atoms with E-state index in [1.165, 1.54) is 0 Å². The summed E-state index contributed by atoms with van der Waals surface area (Å²) < 4.78 is 10.8. The van der Waals surface area contributed by atoms with Gasteiger partial charge in [0.05, 0.1) is 19.8 Å². The number of rotatable bonds is 10. The molecular weight excluding hydrogens is 232 g/mol. The maximum atomic E-state index is 8.85. The summed E-state index contributed by atoms with van der Waals surface area (Å²) in [6.45, 7) is 2.24. The minimum atomic E-state index is -0.0739. The third kappa shape index (κ3) is 6.71. The molecule has 0 aliphatic rings. The van der Waals surface area contributed by atoms with Crippen LogP contribution in [-0.2, 0) is 16.1 Å². The van der Waals surface area contributed by atoms with E-state index in [0.29, 0.717) is 32.8 Å². The van der Waals surface area contributed by atoms with Gasteiger partial charge in [-0.3, -0.25) is 0 Å². The Bertz CT molecular complexity index is 285. The van der Waals surface area contributed by atoms with E-state index in [-0.39, 0.29) is 19.1 Å². The van der Waals surface area contributed by atoms with Crippen molar-refractivity contribution in [3.8, 4) is 0 Å². The maximum absolute atomic E-state index is 8.85. The molecule has 102 valence electrons. The van der Waals surface area contributed by atoms with E-state index in [1.54, 1.807) is 0 Å². The third-order valence-electron chi connectivity index (χ3n) is 2.67. The molecule has 18 heavy (non-hydrogen) atoms. The Balaban J connectivity index is 1.93. The van der Waals surface area contributed by atoms with Crippen molar-refractivity contribution in [1.82, 2.24) is 0 Å². The topological polar surface area (TPSA) is 58.9 Å². The van der Waals surface area contributed by atoms with E-state index in [1.807, 2.05) is 30.3 Å². The van der Waals surface area contributed by atoms with Gasteiger partial charge in [0, 0.05) is 25.7 Å². The largest absolute Gasteiger partial charge is 0.396 e. The molecule has 0 atom stereocenters. The third-order valence-corrected chi connectivity index (χ3v) is 2.67. The standard InChI is InChI=1S/C14H22O4/c15-10-14(11-16)6-7-17-8-9-18-12-13-4-2-1-3-5-13/h1-5,14-16H,6-12H2. The van der Waals surface area contributed by atoms with E-state index in [2.05, 4.69) is 0 Å². The number of aliphatic hydroxyl groups excluding tert-OH is 2. The van der Waals surface area contributed by atoms with Crippen molar-refractivity contribution >= 4 is 0 Å². The molecule has 0 saturated carbocycles. The molecule has 0 unspecified atom stereocenters. The van der Waals surface area contributed by atoms with Gasteiger partial charge >= 0.3 is 0 Å². The van der Waals surface area contributed by atoms with E-state index in [0.717, 1.165) is 5.56 Å². The normalized spacial score (nSPS) is 11.1. The van der Waals surface area contributed by atoms with Crippen molar-refractivity contribution < 1.29 is 19.7 Å². The fourth-order valence-corrected chi connectivity index (χ4v) is 1.47. The zero-order valence-corrected chi connectivity index (χ0v) is 10.6. The van der Waals surface area contributed by atoms with Crippen LogP contribution in [0, 0.1) is 5.92 Å². The zero-order chi connectivity index (χ0) is 13.1. The van der Waals surface area contributed by atoms with E-state index in [4.69, 9.17) is 19.7 Å². The van der Waals surface area contributed by atoms with Gasteiger partial charge < -0.3 is 19.7 Å². The van der Waals surface area contributed by atoms with Crippen molar-refractivity contribution in [2.75, 3.05) is 33.0 Å². The molecule has 1 aromatic rings. The molecule has 0 heterocycles. The summed E-state index contributed by atoms with van der Waals surface area (Å²) in [5, 5.41) is 17.7. The van der Waals surface area contributed by atoms with Crippen molar-refractivity contribution in [2.45, 2.75) is 13.0 Å². The molecule has 0 saturated heterocycles. The van der Waals surface area contributed by atoms with Crippen molar-refractivity contribution in [3.05, 3.63) is 35.9 Å². The summed E-state index contributed by atoms with van der Waals surface area (Å²) >= 11 is 0. The van der Waals surface area contributed by atoms with Crippen LogP contribution < -0.4 is 0 Å². The lowest BCUT2D eigenvalue weighted by molar-refractivity contribution is 0.0290. The van der Waals surface area contributed by atoms with Crippen LogP contribution >= 0.6 is 0 Å². The molecule has 0 aromatic heterocycles. The van der Waals surface area contributed by atoms with Gasteiger partial charge in [0.15, 0.2) is 0 Å². The highest BCUT2D eigenvalue weighted by Crippen LogP contribution is 2.02. The second-order valence-electron chi connectivity index (χ2n) is 4.17. The molecule has 0 amide bonds. The van der Waals surface area contributed by atoms with Gasteiger partial charge in [0.25, 0.3) is 0 Å². The minimum Gasteiger partial charge on any atom is -0.396 e. The Morgan fingerprint density at radius 1 is 0.889 bits per heavy atom. The second-order valence-corrected chi connectivity index (χ2v) is 4.17. The summed E-state index contributed by atoms with van der Waals surface area (Å²) in [5.41, 5.74) is 1.15. The van der Waals surface area contributed by atoms with Gasteiger partial charge in [-0.2, -0.15) is 0 Å². The summed E-state index contributed by atoms with van der Waals surface area (Å²) in [5.74, 6) is -0.0739. The van der Waals surface area contributed by atoms with E-state index >= 15 is 0 Å². The predicted molar refractivity (Wildman–Crippen MR) is 69.2 cm³/mol. The van der Waals surface area contributed by atoms with Crippen LogP contribution in [0.4, 0.5) is 0 Å². The van der Waals surface area contributed by atoms with Gasteiger partial charge in [-0.05, 0) is 12.0 Å². The molecule has 1 rings (SSSR count). The Morgan fingerprint density at radius 2 is 1.56 bits per heavy atom. The summed E-state index contributed by atoms with van der Waals surface area (Å²) in [6, 6.07) is 9.99. The molecule has 0 aliphatic carbocycles. The van der Waals surface area contributed by atoms with E-state index in [9.17, 15) is 0 Å². The molecule has 0 aliphatic heterocycles. The number of hydrogen-bond acceptors (Lipinski definition) is 4. The molecular formula is C14H22O4. The van der Waals surface area contributed by atoms with Gasteiger partial charge in [0.2, 0.25) is 0 Å². The lowest BCUT2D eigenvalue weighted by atomic mass is 10.1. The number of benzene rings is 1. The quantitative estimate of drug-likeness (QED) is 0.616. The average molecular weight is 254 g/mol. The number of aliphatic hydroxyl groups is 2. The highest BCUT2D eigenvalue weighted by molar-refractivity contribution is 5.13. The average Bonchev–Trinajstić information content (AvgIpc) is 2.43. The lowest BCUT2D eigenvalue weighted by Gasteiger charge is -2.10. The first kappa shape index (κ1) is 15.1. The molecule has 4 heteroatoms. The summed E-state index contributed by atoms with van der Waals surface area (Å²) in [4.78, 5) is 0. The Kier molecular flexibility index (Phi) is 8.42. The number of ether oxygens (including phenoxy) is 2. The Morgan fingerprint density at radius 3 is 2.22 bits per heavy atom. The highest BCUT2D eigenvalue weighted by Gasteiger charge is 2.04. The SMILES string of the molecule is OCC(CO)CCOCCOCc1ccccc1. The number of hydrogen-bond donors (Lipinski definition) is 2. The molecule has 1 aromatic carbocycles. The van der Waals surface area contributed by atoms with Crippen molar-refractivity contribution in [1.29, 1.82) is 0 Å². The van der Waals surface area contributed by atoms with Gasteiger partial charge in [-0.25, -0.2) is 0 Å². The molecule has 0 radical (unpaired) electrons. The van der Waals surface area contributed by atoms with E-state index < -0.39 is 0 Å². The first-order valence-electron chi connectivity index (χ1n) is 6.28. The van der Waals surface area contributed by atoms with Crippen LogP contribution in [0.2, 0.25) is 0 Å². The lowest BCUT2D eigenvalue weighted by Crippen LogP contribution is -2.15. The second kappa shape index (κ2) is 10.0. The fourth-order valence-electron chi connectivity index (χ4n) is 1.47. The van der Waals surface area contributed by atoms with Crippen molar-refractivity contribution in [2.24, 2.45) is 5.92 Å². The first-order valence-corrected chi connectivity index (χ1v) is 6.28. The monoisotopic (exact) mass is 254 g/mol. The van der Waals surface area contributed by atoms with Crippen LogP contribution in [0.3, 0.4) is 0 Å². The van der Waals surface area contributed by atoms with Crippen LogP contribution in [0.15, 0.2) is 30.3 Å². The molecule has 0 spiro atoms. The highest BCUT2D eigenvalue weighted by atomic mass is 16.5. The Labute approximate surface area is 108 Å². The smallest absolute Gasteiger partial charge is 0.0718 e. The fraction of sp³-hybridized carbons (Fsp3) is 0.571. The minimum absolute atomic E-state index is 0.00433. The Hall–Kier alpha value is -0.940. The zero-order valence-electron chi connectivity index (χ0n) is 10.6. The first-order chi connectivity index (χ1) is 8.86. The van der Waals surface area contributed by atoms with Gasteiger partial charge in [-0.15, -0.1) is 0 Å². The van der Waals surface area contributed by atoms with Crippen LogP contribution in [-0.4, -0.2) is 43.2 Å². The predicted octanol–water partition coefficient (Wildman–Crippen LogP) is 1.21. The van der Waals surface area contributed by atoms with Crippen LogP contribution in [0.1, 0.15) is 12.0 Å². The van der Waals surface area contributed by atoms with Crippen LogP contribution in [0.5, 0.6) is 0 Å².